The third-order valence-electron chi connectivity index (χ3n) is 4.08. The number of rotatable bonds is 4. The molecule has 1 aliphatic heterocycles. The van der Waals surface area contributed by atoms with Gasteiger partial charge in [0.15, 0.2) is 5.75 Å². The number of hydrogen-bond donors (Lipinski definition) is 1. The smallest absolute Gasteiger partial charge is 0.420 e. The molecule has 0 bridgehead atoms. The summed E-state index contributed by atoms with van der Waals surface area (Å²) >= 11 is 0. The summed E-state index contributed by atoms with van der Waals surface area (Å²) < 4.78 is 85.4. The summed E-state index contributed by atoms with van der Waals surface area (Å²) in [6.07, 6.45) is -10.1. The maximum absolute atomic E-state index is 13.5. The van der Waals surface area contributed by atoms with E-state index in [1.54, 1.807) is 30.3 Å². The predicted molar refractivity (Wildman–Crippen MR) is 88.0 cm³/mol. The minimum absolute atomic E-state index is 0.00218. The molecule has 0 spiro atoms. The summed E-state index contributed by atoms with van der Waals surface area (Å²) in [5.41, 5.74) is -3.16. The van der Waals surface area contributed by atoms with Crippen molar-refractivity contribution >= 4 is 11.7 Å². The fourth-order valence-electron chi connectivity index (χ4n) is 2.77. The largest absolute Gasteiger partial charge is 0.486 e. The Morgan fingerprint density at radius 2 is 1.68 bits per heavy atom. The summed E-state index contributed by atoms with van der Waals surface area (Å²) in [6.45, 7) is -0.300. The molecule has 28 heavy (non-hydrogen) atoms. The molecule has 0 aromatic heterocycles. The van der Waals surface area contributed by atoms with E-state index in [4.69, 9.17) is 4.74 Å². The molecule has 10 heteroatoms. The van der Waals surface area contributed by atoms with Crippen molar-refractivity contribution in [2.24, 2.45) is 0 Å². The monoisotopic (exact) mass is 404 g/mol. The molecule has 0 unspecified atom stereocenters. The van der Waals surface area contributed by atoms with E-state index < -0.39 is 40.9 Å². The van der Waals surface area contributed by atoms with Crippen molar-refractivity contribution in [1.29, 1.82) is 0 Å². The molecule has 4 nitrogen and oxygen atoms in total. The van der Waals surface area contributed by atoms with E-state index in [0.29, 0.717) is 11.6 Å². The minimum Gasteiger partial charge on any atom is -0.486 e. The number of carbonyl (C=O) groups is 1. The Balaban J connectivity index is 2.13. The van der Waals surface area contributed by atoms with Crippen LogP contribution >= 0.6 is 0 Å². The van der Waals surface area contributed by atoms with E-state index in [1.165, 1.54) is 0 Å². The number of benzene rings is 2. The average molecular weight is 404 g/mol. The van der Waals surface area contributed by atoms with Gasteiger partial charge < -0.3 is 10.1 Å². The minimum atomic E-state index is -5.11. The molecule has 2 aromatic rings. The predicted octanol–water partition coefficient (Wildman–Crippen LogP) is 4.83. The normalized spacial score (nSPS) is 14.9. The molecule has 0 atom stereocenters. The maximum atomic E-state index is 13.5. The molecule has 1 heterocycles. The third-order valence-corrected chi connectivity index (χ3v) is 4.08. The number of carbonyl (C=O) groups excluding carboxylic acids is 1. The first kappa shape index (κ1) is 19.8. The number of nitrogens with zero attached hydrogens (tertiary/aromatic N) is 1. The van der Waals surface area contributed by atoms with E-state index in [0.717, 1.165) is 4.90 Å². The Labute approximate surface area is 155 Å². The van der Waals surface area contributed by atoms with Crippen molar-refractivity contribution in [2.75, 3.05) is 18.0 Å². The number of alkyl halides is 6. The van der Waals surface area contributed by atoms with Gasteiger partial charge in [0, 0.05) is 13.1 Å². The molecule has 1 fully saturated rings. The molecule has 0 saturated carbocycles. The second kappa shape index (κ2) is 7.25. The number of amides is 2. The first-order valence-corrected chi connectivity index (χ1v) is 8.12. The third kappa shape index (κ3) is 4.15. The fourth-order valence-corrected chi connectivity index (χ4v) is 2.77. The van der Waals surface area contributed by atoms with Crippen LogP contribution in [0, 0.1) is 0 Å². The van der Waals surface area contributed by atoms with Gasteiger partial charge in [-0.05, 0) is 17.7 Å². The van der Waals surface area contributed by atoms with Crippen LogP contribution in [0.1, 0.15) is 16.7 Å². The molecule has 1 N–H and O–H groups in total. The standard InChI is InChI=1S/C18H14F6N2O2/c19-17(20,21)12-8-13(18(22,23)24)15(28-10-11-4-2-1-3-5-11)14(9-12)26-7-6-25-16(26)27/h1-5,8-9H,6-7,10H2,(H,25,27). The Hall–Kier alpha value is -2.91. The topological polar surface area (TPSA) is 41.6 Å². The van der Waals surface area contributed by atoms with Crippen molar-refractivity contribution in [2.45, 2.75) is 19.0 Å². The number of hydrogen-bond acceptors (Lipinski definition) is 2. The Bertz CT molecular complexity index is 865. The molecule has 0 radical (unpaired) electrons. The van der Waals surface area contributed by atoms with Crippen LogP contribution in [0.5, 0.6) is 5.75 Å². The lowest BCUT2D eigenvalue weighted by molar-refractivity contribution is -0.143. The molecular formula is C18H14F6N2O2. The average Bonchev–Trinajstić information content (AvgIpc) is 3.04. The lowest BCUT2D eigenvalue weighted by atomic mass is 10.1. The molecule has 2 aromatic carbocycles. The van der Waals surface area contributed by atoms with Crippen molar-refractivity contribution in [3.8, 4) is 5.75 Å². The van der Waals surface area contributed by atoms with Crippen LogP contribution < -0.4 is 15.0 Å². The molecular weight excluding hydrogens is 390 g/mol. The van der Waals surface area contributed by atoms with E-state index in [-0.39, 0.29) is 25.8 Å². The van der Waals surface area contributed by atoms with Gasteiger partial charge >= 0.3 is 18.4 Å². The van der Waals surface area contributed by atoms with Crippen LogP contribution in [-0.2, 0) is 19.0 Å². The van der Waals surface area contributed by atoms with Gasteiger partial charge in [0.2, 0.25) is 0 Å². The second-order valence-electron chi connectivity index (χ2n) is 6.03. The molecule has 2 amide bonds. The summed E-state index contributed by atoms with van der Waals surface area (Å²) in [7, 11) is 0. The zero-order chi connectivity index (χ0) is 20.5. The van der Waals surface area contributed by atoms with Crippen molar-refractivity contribution in [3.05, 3.63) is 59.2 Å². The van der Waals surface area contributed by atoms with E-state index in [1.807, 2.05) is 0 Å². The highest BCUT2D eigenvalue weighted by Crippen LogP contribution is 2.46. The van der Waals surface area contributed by atoms with Gasteiger partial charge in [0.25, 0.3) is 0 Å². The summed E-state index contributed by atoms with van der Waals surface area (Å²) in [5, 5.41) is 2.35. The summed E-state index contributed by atoms with van der Waals surface area (Å²) in [6, 6.07) is 7.88. The van der Waals surface area contributed by atoms with Crippen LogP contribution in [0.4, 0.5) is 36.8 Å². The fraction of sp³-hybridized carbons (Fsp3) is 0.278. The molecule has 150 valence electrons. The van der Waals surface area contributed by atoms with Crippen LogP contribution in [0.2, 0.25) is 0 Å². The molecule has 0 aliphatic carbocycles. The first-order chi connectivity index (χ1) is 13.1. The number of halogens is 6. The molecule has 1 aliphatic rings. The van der Waals surface area contributed by atoms with Crippen LogP contribution in [0.25, 0.3) is 0 Å². The second-order valence-corrected chi connectivity index (χ2v) is 6.03. The highest BCUT2D eigenvalue weighted by atomic mass is 19.4. The van der Waals surface area contributed by atoms with Crippen molar-refractivity contribution < 1.29 is 35.9 Å². The van der Waals surface area contributed by atoms with Gasteiger partial charge in [-0.1, -0.05) is 30.3 Å². The number of anilines is 1. The zero-order valence-corrected chi connectivity index (χ0v) is 14.2. The van der Waals surface area contributed by atoms with Crippen molar-refractivity contribution in [1.82, 2.24) is 5.32 Å². The summed E-state index contributed by atoms with van der Waals surface area (Å²) in [5.74, 6) is -0.818. The highest BCUT2D eigenvalue weighted by Gasteiger charge is 2.42. The van der Waals surface area contributed by atoms with Crippen LogP contribution in [0.15, 0.2) is 42.5 Å². The number of urea groups is 1. The Kier molecular flexibility index (Phi) is 5.14. The Morgan fingerprint density at radius 3 is 2.21 bits per heavy atom. The quantitative estimate of drug-likeness (QED) is 0.742. The van der Waals surface area contributed by atoms with E-state index >= 15 is 0 Å². The number of nitrogens with one attached hydrogen (secondary N) is 1. The lowest BCUT2D eigenvalue weighted by Gasteiger charge is -2.24. The summed E-state index contributed by atoms with van der Waals surface area (Å²) in [4.78, 5) is 12.7. The maximum Gasteiger partial charge on any atom is 0.420 e. The van der Waals surface area contributed by atoms with Gasteiger partial charge in [0.1, 0.15) is 12.2 Å². The van der Waals surface area contributed by atoms with Crippen molar-refractivity contribution in [3.63, 3.8) is 0 Å². The van der Waals surface area contributed by atoms with Gasteiger partial charge in [-0.2, -0.15) is 26.3 Å². The van der Waals surface area contributed by atoms with Gasteiger partial charge in [0.05, 0.1) is 11.3 Å². The van der Waals surface area contributed by atoms with Gasteiger partial charge in [-0.25, -0.2) is 4.79 Å². The van der Waals surface area contributed by atoms with E-state index in [2.05, 4.69) is 5.32 Å². The van der Waals surface area contributed by atoms with Crippen LogP contribution in [0.3, 0.4) is 0 Å². The van der Waals surface area contributed by atoms with E-state index in [9.17, 15) is 31.1 Å². The molecule has 3 rings (SSSR count). The molecule has 1 saturated heterocycles. The number of ether oxygens (including phenoxy) is 1. The van der Waals surface area contributed by atoms with Crippen LogP contribution in [-0.4, -0.2) is 19.1 Å². The zero-order valence-electron chi connectivity index (χ0n) is 14.2. The lowest BCUT2D eigenvalue weighted by Crippen LogP contribution is -2.29. The highest BCUT2D eigenvalue weighted by molar-refractivity contribution is 5.96. The first-order valence-electron chi connectivity index (χ1n) is 8.12. The van der Waals surface area contributed by atoms with Gasteiger partial charge in [-0.15, -0.1) is 0 Å². The Morgan fingerprint density at radius 1 is 1.00 bits per heavy atom. The SMILES string of the molecule is O=C1NCCN1c1cc(C(F)(F)F)cc(C(F)(F)F)c1OCc1ccccc1. The van der Waals surface area contributed by atoms with Gasteiger partial charge in [-0.3, -0.25) is 4.90 Å².